The Labute approximate surface area is 134 Å². The van der Waals surface area contributed by atoms with Gasteiger partial charge in [0.15, 0.2) is 0 Å². The predicted molar refractivity (Wildman–Crippen MR) is 81.7 cm³/mol. The van der Waals surface area contributed by atoms with E-state index in [4.69, 9.17) is 0 Å². The molecule has 126 valence electrons. The summed E-state index contributed by atoms with van der Waals surface area (Å²) in [5.74, 6) is -0.606. The average molecular weight is 324 g/mol. The maximum absolute atomic E-state index is 14.0. The van der Waals surface area contributed by atoms with Gasteiger partial charge in [0.05, 0.1) is 12.1 Å². The van der Waals surface area contributed by atoms with Crippen molar-refractivity contribution in [1.82, 2.24) is 10.2 Å². The zero-order valence-electron chi connectivity index (χ0n) is 13.1. The van der Waals surface area contributed by atoms with Gasteiger partial charge in [-0.15, -0.1) is 0 Å². The first-order chi connectivity index (χ1) is 11.0. The first-order valence-corrected chi connectivity index (χ1v) is 8.10. The van der Waals surface area contributed by atoms with Crippen molar-refractivity contribution in [3.63, 3.8) is 0 Å². The van der Waals surface area contributed by atoms with Crippen molar-refractivity contribution in [2.75, 3.05) is 13.6 Å². The standard InChI is InChI=1S/C17H22F2N2O2/c1-21(9-15(22)10-2-3-10)17(23)20-16(11-4-5-11)13-8-12(18)6-7-14(13)19/h6-8,10-11,15-16,22H,2-5,9H2,1H3,(H,20,23)/t15-,16+/m1/s1. The van der Waals surface area contributed by atoms with Gasteiger partial charge >= 0.3 is 6.03 Å². The van der Waals surface area contributed by atoms with Crippen molar-refractivity contribution in [1.29, 1.82) is 0 Å². The van der Waals surface area contributed by atoms with Crippen molar-refractivity contribution >= 4 is 6.03 Å². The van der Waals surface area contributed by atoms with E-state index in [-0.39, 0.29) is 30.0 Å². The molecule has 2 aliphatic carbocycles. The van der Waals surface area contributed by atoms with E-state index in [1.54, 1.807) is 7.05 Å². The number of nitrogens with zero attached hydrogens (tertiary/aromatic N) is 1. The van der Waals surface area contributed by atoms with E-state index in [0.29, 0.717) is 0 Å². The van der Waals surface area contributed by atoms with Crippen LogP contribution in [0.1, 0.15) is 37.3 Å². The van der Waals surface area contributed by atoms with E-state index in [1.165, 1.54) is 4.90 Å². The zero-order valence-corrected chi connectivity index (χ0v) is 13.1. The second-order valence-corrected chi connectivity index (χ2v) is 6.72. The number of urea groups is 1. The van der Waals surface area contributed by atoms with E-state index < -0.39 is 23.8 Å². The van der Waals surface area contributed by atoms with E-state index in [9.17, 15) is 18.7 Å². The van der Waals surface area contributed by atoms with Crippen LogP contribution in [0.2, 0.25) is 0 Å². The lowest BCUT2D eigenvalue weighted by Gasteiger charge is -2.25. The third-order valence-corrected chi connectivity index (χ3v) is 4.64. The summed E-state index contributed by atoms with van der Waals surface area (Å²) in [5, 5.41) is 12.7. The molecule has 0 aromatic heterocycles. The van der Waals surface area contributed by atoms with Gasteiger partial charge in [0.2, 0.25) is 0 Å². The number of halogens is 2. The summed E-state index contributed by atoms with van der Waals surface area (Å²) in [7, 11) is 1.60. The number of hydrogen-bond donors (Lipinski definition) is 2. The predicted octanol–water partition coefficient (Wildman–Crippen LogP) is 2.83. The monoisotopic (exact) mass is 324 g/mol. The lowest BCUT2D eigenvalue weighted by molar-refractivity contribution is 0.112. The van der Waals surface area contributed by atoms with Crippen LogP contribution in [0, 0.1) is 23.5 Å². The van der Waals surface area contributed by atoms with E-state index in [0.717, 1.165) is 43.9 Å². The van der Waals surface area contributed by atoms with Crippen LogP contribution in [0.5, 0.6) is 0 Å². The molecule has 2 saturated carbocycles. The minimum Gasteiger partial charge on any atom is -0.391 e. The highest BCUT2D eigenvalue weighted by atomic mass is 19.1. The van der Waals surface area contributed by atoms with Gasteiger partial charge in [-0.05, 0) is 55.7 Å². The molecule has 2 amide bonds. The molecule has 2 aliphatic rings. The van der Waals surface area contributed by atoms with E-state index in [1.807, 2.05) is 0 Å². The van der Waals surface area contributed by atoms with E-state index in [2.05, 4.69) is 5.32 Å². The molecule has 0 aliphatic heterocycles. The van der Waals surface area contributed by atoms with Crippen LogP contribution in [0.3, 0.4) is 0 Å². The average Bonchev–Trinajstić information content (AvgIpc) is 3.39. The molecule has 0 heterocycles. The number of aliphatic hydroxyl groups is 1. The Morgan fingerprint density at radius 1 is 1.30 bits per heavy atom. The van der Waals surface area contributed by atoms with Gasteiger partial charge in [0.1, 0.15) is 11.6 Å². The maximum Gasteiger partial charge on any atom is 0.317 e. The van der Waals surface area contributed by atoms with Crippen LogP contribution < -0.4 is 5.32 Å². The number of carbonyl (C=O) groups is 1. The fourth-order valence-electron chi connectivity index (χ4n) is 2.87. The lowest BCUT2D eigenvalue weighted by Crippen LogP contribution is -2.43. The van der Waals surface area contributed by atoms with Gasteiger partial charge in [-0.1, -0.05) is 0 Å². The van der Waals surface area contributed by atoms with Crippen molar-refractivity contribution < 1.29 is 18.7 Å². The quantitative estimate of drug-likeness (QED) is 0.845. The summed E-state index contributed by atoms with van der Waals surface area (Å²) in [6, 6.07) is 2.41. The highest BCUT2D eigenvalue weighted by Crippen LogP contribution is 2.42. The second kappa shape index (κ2) is 6.43. The fourth-order valence-corrected chi connectivity index (χ4v) is 2.87. The number of aliphatic hydroxyl groups excluding tert-OH is 1. The first kappa shape index (κ1) is 16.2. The lowest BCUT2D eigenvalue weighted by atomic mass is 10.0. The molecule has 2 atom stereocenters. The maximum atomic E-state index is 14.0. The molecule has 2 fully saturated rings. The first-order valence-electron chi connectivity index (χ1n) is 8.10. The Morgan fingerprint density at radius 3 is 2.57 bits per heavy atom. The Kier molecular flexibility index (Phi) is 4.53. The fraction of sp³-hybridized carbons (Fsp3) is 0.588. The van der Waals surface area contributed by atoms with Crippen LogP contribution in [0.15, 0.2) is 18.2 Å². The molecule has 1 aromatic carbocycles. The summed E-state index contributed by atoms with van der Waals surface area (Å²) in [5.41, 5.74) is 0.192. The zero-order chi connectivity index (χ0) is 16.6. The number of nitrogens with one attached hydrogen (secondary N) is 1. The smallest absolute Gasteiger partial charge is 0.317 e. The van der Waals surface area contributed by atoms with Crippen LogP contribution in [0.4, 0.5) is 13.6 Å². The van der Waals surface area contributed by atoms with Crippen LogP contribution >= 0.6 is 0 Å². The Hall–Kier alpha value is -1.69. The molecule has 1 aromatic rings. The molecule has 0 unspecified atom stereocenters. The summed E-state index contributed by atoms with van der Waals surface area (Å²) >= 11 is 0. The van der Waals surface area contributed by atoms with Crippen LogP contribution in [-0.2, 0) is 0 Å². The van der Waals surface area contributed by atoms with Gasteiger partial charge in [0.25, 0.3) is 0 Å². The second-order valence-electron chi connectivity index (χ2n) is 6.72. The highest BCUT2D eigenvalue weighted by molar-refractivity contribution is 5.74. The topological polar surface area (TPSA) is 52.6 Å². The Balaban J connectivity index is 1.67. The van der Waals surface area contributed by atoms with Crippen molar-refractivity contribution in [2.24, 2.45) is 11.8 Å². The Bertz CT molecular complexity index is 588. The molecule has 0 radical (unpaired) electrons. The summed E-state index contributed by atoms with van der Waals surface area (Å²) in [6.45, 7) is 0.250. The van der Waals surface area contributed by atoms with Crippen LogP contribution in [-0.4, -0.2) is 35.7 Å². The molecule has 3 rings (SSSR count). The van der Waals surface area contributed by atoms with Crippen molar-refractivity contribution in [3.05, 3.63) is 35.4 Å². The molecular formula is C17H22F2N2O2. The van der Waals surface area contributed by atoms with Gasteiger partial charge in [-0.2, -0.15) is 0 Å². The van der Waals surface area contributed by atoms with Crippen molar-refractivity contribution in [3.8, 4) is 0 Å². The third kappa shape index (κ3) is 3.99. The van der Waals surface area contributed by atoms with Gasteiger partial charge < -0.3 is 15.3 Å². The highest BCUT2D eigenvalue weighted by Gasteiger charge is 2.36. The summed E-state index contributed by atoms with van der Waals surface area (Å²) in [6.07, 6.45) is 3.24. The third-order valence-electron chi connectivity index (χ3n) is 4.64. The number of carbonyl (C=O) groups excluding carboxylic acids is 1. The minimum atomic E-state index is -0.529. The summed E-state index contributed by atoms with van der Waals surface area (Å²) in [4.78, 5) is 13.7. The van der Waals surface area contributed by atoms with Gasteiger partial charge in [0, 0.05) is 19.2 Å². The number of amides is 2. The minimum absolute atomic E-state index is 0.136. The molecule has 2 N–H and O–H groups in total. The molecule has 0 saturated heterocycles. The van der Waals surface area contributed by atoms with Crippen molar-refractivity contribution in [2.45, 2.75) is 37.8 Å². The molecular weight excluding hydrogens is 302 g/mol. The summed E-state index contributed by atoms with van der Waals surface area (Å²) < 4.78 is 27.4. The van der Waals surface area contributed by atoms with Crippen LogP contribution in [0.25, 0.3) is 0 Å². The Morgan fingerprint density at radius 2 is 1.96 bits per heavy atom. The molecule has 4 nitrogen and oxygen atoms in total. The molecule has 0 spiro atoms. The number of benzene rings is 1. The van der Waals surface area contributed by atoms with E-state index >= 15 is 0 Å². The normalized spacial score (nSPS) is 20.0. The number of hydrogen-bond acceptors (Lipinski definition) is 2. The van der Waals surface area contributed by atoms with Gasteiger partial charge in [-0.3, -0.25) is 0 Å². The van der Waals surface area contributed by atoms with Gasteiger partial charge in [-0.25, -0.2) is 13.6 Å². The largest absolute Gasteiger partial charge is 0.391 e. The number of rotatable bonds is 6. The molecule has 0 bridgehead atoms. The molecule has 6 heteroatoms. The SMILES string of the molecule is CN(C[C@@H](O)C1CC1)C(=O)N[C@H](c1cc(F)ccc1F)C1CC1. The molecule has 23 heavy (non-hydrogen) atoms. The number of likely N-dealkylation sites (N-methyl/N-ethyl adjacent to an activating group) is 1.